The monoisotopic (exact) mass is 633 g/mol. The summed E-state index contributed by atoms with van der Waals surface area (Å²) >= 11 is 5.46. The number of nitrogen functional groups attached to an aromatic ring is 1. The minimum absolute atomic E-state index is 0.0459. The second kappa shape index (κ2) is 14.9. The van der Waals surface area contributed by atoms with Gasteiger partial charge < -0.3 is 30.0 Å². The summed E-state index contributed by atoms with van der Waals surface area (Å²) in [6, 6.07) is 10.6. The molecule has 1 amide bonds. The van der Waals surface area contributed by atoms with Crippen molar-refractivity contribution in [3.8, 4) is 11.5 Å². The Morgan fingerprint density at radius 2 is 1.91 bits per heavy atom. The van der Waals surface area contributed by atoms with Crippen molar-refractivity contribution in [2.45, 2.75) is 52.0 Å². The summed E-state index contributed by atoms with van der Waals surface area (Å²) in [5, 5.41) is 14.4. The molecule has 232 valence electrons. The first kappa shape index (κ1) is 32.5. The van der Waals surface area contributed by atoms with Gasteiger partial charge in [0.25, 0.3) is 0 Å². The average molecular weight is 634 g/mol. The summed E-state index contributed by atoms with van der Waals surface area (Å²) in [4.78, 5) is 39.1. The number of aryl methyl sites for hydroxylation is 2. The van der Waals surface area contributed by atoms with Crippen molar-refractivity contribution < 1.29 is 33.5 Å². The molecule has 43 heavy (non-hydrogen) atoms. The molecule has 0 atom stereocenters. The van der Waals surface area contributed by atoms with Crippen molar-refractivity contribution >= 4 is 53.1 Å². The zero-order chi connectivity index (χ0) is 31.0. The van der Waals surface area contributed by atoms with Gasteiger partial charge in [0.1, 0.15) is 17.2 Å². The van der Waals surface area contributed by atoms with Crippen molar-refractivity contribution in [2.75, 3.05) is 31.4 Å². The van der Waals surface area contributed by atoms with Gasteiger partial charge in [0, 0.05) is 37.1 Å². The van der Waals surface area contributed by atoms with E-state index in [0.717, 1.165) is 48.0 Å². The molecule has 2 aromatic carbocycles. The molecule has 0 fully saturated rings. The van der Waals surface area contributed by atoms with Gasteiger partial charge in [-0.25, -0.2) is 14.5 Å². The summed E-state index contributed by atoms with van der Waals surface area (Å²) < 4.78 is 23.8. The molecule has 0 aliphatic carbocycles. The SMILES string of the molecule is CCCCc1nc2c(N)nc3cc(CCCOCCCNC(=O)CCl)ccc3c2n1Cc1cccc(OP(=O)(O)O)c1O. The molecule has 0 saturated carbocycles. The quantitative estimate of drug-likeness (QED) is 0.0672. The van der Waals surface area contributed by atoms with Crippen molar-refractivity contribution in [3.05, 3.63) is 53.3 Å². The van der Waals surface area contributed by atoms with Crippen molar-refractivity contribution in [1.82, 2.24) is 19.9 Å². The number of carbonyl (C=O) groups is 1. The fourth-order valence-corrected chi connectivity index (χ4v) is 5.35. The number of hydrogen-bond donors (Lipinski definition) is 5. The zero-order valence-electron chi connectivity index (χ0n) is 24.0. The maximum Gasteiger partial charge on any atom is 0.524 e. The molecule has 14 heteroatoms. The van der Waals surface area contributed by atoms with E-state index in [0.29, 0.717) is 55.0 Å². The maximum absolute atomic E-state index is 11.4. The highest BCUT2D eigenvalue weighted by Crippen LogP contribution is 2.43. The summed E-state index contributed by atoms with van der Waals surface area (Å²) in [5.41, 5.74) is 9.94. The van der Waals surface area contributed by atoms with Crippen LogP contribution in [-0.2, 0) is 33.5 Å². The number of phenolic OH excluding ortho intramolecular Hbond substituents is 1. The lowest BCUT2D eigenvalue weighted by Gasteiger charge is -2.15. The molecule has 0 unspecified atom stereocenters. The van der Waals surface area contributed by atoms with Crippen LogP contribution < -0.4 is 15.6 Å². The Morgan fingerprint density at radius 3 is 2.65 bits per heavy atom. The van der Waals surface area contributed by atoms with Gasteiger partial charge in [-0.15, -0.1) is 11.6 Å². The van der Waals surface area contributed by atoms with Crippen LogP contribution in [0.1, 0.15) is 49.6 Å². The molecule has 0 aliphatic heterocycles. The number of hydrogen-bond acceptors (Lipinski definition) is 8. The molecule has 0 bridgehead atoms. The zero-order valence-corrected chi connectivity index (χ0v) is 25.6. The highest BCUT2D eigenvalue weighted by atomic mass is 35.5. The van der Waals surface area contributed by atoms with Gasteiger partial charge in [-0.1, -0.05) is 37.6 Å². The number of phenols is 1. The maximum atomic E-state index is 11.4. The van der Waals surface area contributed by atoms with E-state index in [-0.39, 0.29) is 29.8 Å². The van der Waals surface area contributed by atoms with E-state index in [4.69, 9.17) is 27.1 Å². The van der Waals surface area contributed by atoms with Gasteiger partial charge >= 0.3 is 7.82 Å². The number of phosphoric acid groups is 1. The summed E-state index contributed by atoms with van der Waals surface area (Å²) in [7, 11) is -4.86. The number of amides is 1. The van der Waals surface area contributed by atoms with Crippen molar-refractivity contribution in [2.24, 2.45) is 0 Å². The second-order valence-corrected chi connectivity index (χ2v) is 11.6. The lowest BCUT2D eigenvalue weighted by atomic mass is 10.1. The normalized spacial score (nSPS) is 11.8. The molecular weight excluding hydrogens is 597 g/mol. The number of unbranched alkanes of at least 4 members (excludes halogenated alkanes) is 1. The Morgan fingerprint density at radius 1 is 1.12 bits per heavy atom. The largest absolute Gasteiger partial charge is 0.524 e. The summed E-state index contributed by atoms with van der Waals surface area (Å²) in [6.45, 7) is 3.92. The van der Waals surface area contributed by atoms with E-state index >= 15 is 0 Å². The van der Waals surface area contributed by atoms with Crippen LogP contribution in [0.25, 0.3) is 21.9 Å². The van der Waals surface area contributed by atoms with Gasteiger partial charge in [-0.2, -0.15) is 0 Å². The molecule has 2 aromatic heterocycles. The molecular formula is C29H37ClN5O7P. The number of aromatic hydroxyl groups is 1. The first-order valence-corrected chi connectivity index (χ1v) is 16.2. The van der Waals surface area contributed by atoms with Gasteiger partial charge in [-0.05, 0) is 43.4 Å². The molecule has 0 spiro atoms. The third kappa shape index (κ3) is 8.58. The number of nitrogens with zero attached hydrogens (tertiary/aromatic N) is 3. The molecule has 12 nitrogen and oxygen atoms in total. The number of alkyl halides is 1. The van der Waals surface area contributed by atoms with Crippen LogP contribution in [-0.4, -0.2) is 61.0 Å². The fraction of sp³-hybridized carbons (Fsp3) is 0.414. The number of nitrogens with one attached hydrogen (secondary N) is 1. The van der Waals surface area contributed by atoms with E-state index < -0.39 is 7.82 Å². The Hall–Kier alpha value is -3.41. The number of aromatic nitrogens is 3. The first-order valence-electron chi connectivity index (χ1n) is 14.1. The van der Waals surface area contributed by atoms with E-state index in [2.05, 4.69) is 21.7 Å². The predicted molar refractivity (Wildman–Crippen MR) is 165 cm³/mol. The highest BCUT2D eigenvalue weighted by molar-refractivity contribution is 7.46. The molecule has 4 rings (SSSR count). The fourth-order valence-electron chi connectivity index (χ4n) is 4.85. The Bertz CT molecular complexity index is 1620. The topological polar surface area (TPSA) is 182 Å². The number of benzene rings is 2. The predicted octanol–water partition coefficient (Wildman–Crippen LogP) is 4.43. The van der Waals surface area contributed by atoms with Gasteiger partial charge in [0.2, 0.25) is 5.91 Å². The van der Waals surface area contributed by atoms with Crippen LogP contribution in [0.4, 0.5) is 5.82 Å². The number of nitrogens with two attached hydrogens (primary N) is 1. The molecule has 0 radical (unpaired) electrons. The number of para-hydroxylation sites is 1. The van der Waals surface area contributed by atoms with E-state index in [1.807, 2.05) is 22.8 Å². The molecule has 6 N–H and O–H groups in total. The Labute approximate surface area is 254 Å². The minimum atomic E-state index is -4.86. The number of carbonyl (C=O) groups excluding carboxylic acids is 1. The molecule has 4 aromatic rings. The number of ether oxygens (including phenoxy) is 1. The first-order chi connectivity index (χ1) is 20.6. The van der Waals surface area contributed by atoms with Crippen LogP contribution in [0.5, 0.6) is 11.5 Å². The van der Waals surface area contributed by atoms with Crippen LogP contribution in [0.3, 0.4) is 0 Å². The summed E-state index contributed by atoms with van der Waals surface area (Å²) in [5.74, 6) is 0.166. The van der Waals surface area contributed by atoms with Gasteiger partial charge in [0.15, 0.2) is 17.3 Å². The van der Waals surface area contributed by atoms with Crippen LogP contribution in [0, 0.1) is 0 Å². The minimum Gasteiger partial charge on any atom is -0.504 e. The lowest BCUT2D eigenvalue weighted by Crippen LogP contribution is -2.26. The average Bonchev–Trinajstić information content (AvgIpc) is 3.33. The number of anilines is 1. The number of imidazole rings is 1. The third-order valence-electron chi connectivity index (χ3n) is 6.89. The standard InChI is InChI=1S/C29H37ClN5O7P/c1-2-3-10-24-34-26-27(35(24)18-20-8-4-9-23(28(20)37)42-43(38,39)40)21-12-11-19(16-22(21)33-29(26)31)7-5-14-41-15-6-13-32-25(36)17-30/h4,8-9,11-12,16,37H,2-3,5-7,10,13-15,17-18H2,1H3,(H2,31,33)(H,32,36)(H2,38,39,40). The lowest BCUT2D eigenvalue weighted by molar-refractivity contribution is -0.118. The number of halogens is 1. The number of phosphoric ester groups is 1. The Balaban J connectivity index is 1.57. The van der Waals surface area contributed by atoms with E-state index in [9.17, 15) is 24.3 Å². The van der Waals surface area contributed by atoms with Crippen molar-refractivity contribution in [1.29, 1.82) is 0 Å². The van der Waals surface area contributed by atoms with Gasteiger partial charge in [-0.3, -0.25) is 14.6 Å². The van der Waals surface area contributed by atoms with Gasteiger partial charge in [0.05, 0.1) is 17.6 Å². The highest BCUT2D eigenvalue weighted by Gasteiger charge is 2.22. The number of rotatable bonds is 16. The summed E-state index contributed by atoms with van der Waals surface area (Å²) in [6.07, 6.45) is 4.80. The molecule has 0 aliphatic rings. The Kier molecular flexibility index (Phi) is 11.2. The number of fused-ring (bicyclic) bond motifs is 3. The molecule has 2 heterocycles. The van der Waals surface area contributed by atoms with E-state index in [1.165, 1.54) is 6.07 Å². The number of pyridine rings is 1. The smallest absolute Gasteiger partial charge is 0.504 e. The molecule has 0 saturated heterocycles. The van der Waals surface area contributed by atoms with Crippen LogP contribution >= 0.6 is 19.4 Å². The van der Waals surface area contributed by atoms with Crippen LogP contribution in [0.2, 0.25) is 0 Å². The second-order valence-electron chi connectivity index (χ2n) is 10.2. The van der Waals surface area contributed by atoms with E-state index in [1.54, 1.807) is 12.1 Å². The third-order valence-corrected chi connectivity index (χ3v) is 7.57. The van der Waals surface area contributed by atoms with Crippen LogP contribution in [0.15, 0.2) is 36.4 Å². The van der Waals surface area contributed by atoms with Crippen molar-refractivity contribution in [3.63, 3.8) is 0 Å².